The molecule has 0 aliphatic rings. The van der Waals surface area contributed by atoms with Gasteiger partial charge in [0.2, 0.25) is 0 Å². The molecule has 3 nitrogen and oxygen atoms in total. The molecular formula is C22H19Cl3FNO2. The molecule has 0 heterocycles. The van der Waals surface area contributed by atoms with Gasteiger partial charge >= 0.3 is 0 Å². The summed E-state index contributed by atoms with van der Waals surface area (Å²) in [5, 5.41) is 4.66. The Labute approximate surface area is 184 Å². The van der Waals surface area contributed by atoms with Crippen LogP contribution in [0.1, 0.15) is 18.1 Å². The van der Waals surface area contributed by atoms with E-state index in [4.69, 9.17) is 44.3 Å². The van der Waals surface area contributed by atoms with Crippen LogP contribution in [-0.4, -0.2) is 6.61 Å². The number of hydrogen-bond acceptors (Lipinski definition) is 3. The average Bonchev–Trinajstić information content (AvgIpc) is 2.68. The molecule has 3 aromatic rings. The molecule has 0 radical (unpaired) electrons. The first-order chi connectivity index (χ1) is 14.0. The first-order valence-corrected chi connectivity index (χ1v) is 10.1. The predicted molar refractivity (Wildman–Crippen MR) is 117 cm³/mol. The molecule has 3 rings (SSSR count). The van der Waals surface area contributed by atoms with Crippen molar-refractivity contribution in [2.24, 2.45) is 0 Å². The van der Waals surface area contributed by atoms with Crippen LogP contribution in [0.2, 0.25) is 15.1 Å². The van der Waals surface area contributed by atoms with E-state index in [2.05, 4.69) is 5.32 Å². The van der Waals surface area contributed by atoms with Gasteiger partial charge in [-0.3, -0.25) is 0 Å². The third-order valence-electron chi connectivity index (χ3n) is 4.06. The van der Waals surface area contributed by atoms with E-state index >= 15 is 0 Å². The number of benzene rings is 3. The van der Waals surface area contributed by atoms with Gasteiger partial charge in [0.15, 0.2) is 11.5 Å². The Bertz CT molecular complexity index is 998. The minimum absolute atomic E-state index is 0.179. The monoisotopic (exact) mass is 453 g/mol. The van der Waals surface area contributed by atoms with Crippen LogP contribution in [0, 0.1) is 5.82 Å². The second-order valence-electron chi connectivity index (χ2n) is 6.24. The van der Waals surface area contributed by atoms with Crippen LogP contribution in [0.3, 0.4) is 0 Å². The number of rotatable bonds is 8. The van der Waals surface area contributed by atoms with Crippen LogP contribution in [0.5, 0.6) is 11.5 Å². The van der Waals surface area contributed by atoms with Crippen molar-refractivity contribution >= 4 is 40.5 Å². The summed E-state index contributed by atoms with van der Waals surface area (Å²) < 4.78 is 24.9. The van der Waals surface area contributed by atoms with E-state index in [0.29, 0.717) is 45.3 Å². The third kappa shape index (κ3) is 5.92. The maximum absolute atomic E-state index is 13.4. The quantitative estimate of drug-likeness (QED) is 0.385. The molecule has 0 amide bonds. The zero-order valence-corrected chi connectivity index (χ0v) is 17.9. The highest BCUT2D eigenvalue weighted by molar-refractivity contribution is 6.42. The first kappa shape index (κ1) is 21.6. The van der Waals surface area contributed by atoms with Crippen molar-refractivity contribution in [1.29, 1.82) is 0 Å². The van der Waals surface area contributed by atoms with Crippen molar-refractivity contribution in [3.8, 4) is 11.5 Å². The van der Waals surface area contributed by atoms with Crippen LogP contribution >= 0.6 is 34.8 Å². The highest BCUT2D eigenvalue weighted by Gasteiger charge is 2.13. The Kier molecular flexibility index (Phi) is 7.48. The SMILES string of the molecule is CCOc1cc(CNc2ccc(Cl)c(Cl)c2)cc(Cl)c1OCc1cccc(F)c1. The van der Waals surface area contributed by atoms with Crippen LogP contribution < -0.4 is 14.8 Å². The Hall–Kier alpha value is -2.14. The third-order valence-corrected chi connectivity index (χ3v) is 5.08. The highest BCUT2D eigenvalue weighted by Crippen LogP contribution is 2.37. The van der Waals surface area contributed by atoms with Crippen molar-refractivity contribution in [1.82, 2.24) is 0 Å². The van der Waals surface area contributed by atoms with Crippen LogP contribution in [0.15, 0.2) is 54.6 Å². The Morgan fingerprint density at radius 3 is 2.41 bits per heavy atom. The lowest BCUT2D eigenvalue weighted by Crippen LogP contribution is -2.04. The molecule has 0 aliphatic carbocycles. The lowest BCUT2D eigenvalue weighted by Gasteiger charge is -2.16. The number of ether oxygens (including phenoxy) is 2. The van der Waals surface area contributed by atoms with E-state index in [0.717, 1.165) is 11.3 Å². The summed E-state index contributed by atoms with van der Waals surface area (Å²) in [7, 11) is 0. The molecule has 0 spiro atoms. The summed E-state index contributed by atoms with van der Waals surface area (Å²) in [6.07, 6.45) is 0. The van der Waals surface area contributed by atoms with Gasteiger partial charge in [0.05, 0.1) is 21.7 Å². The van der Waals surface area contributed by atoms with Gasteiger partial charge in [0.1, 0.15) is 12.4 Å². The maximum atomic E-state index is 13.4. The summed E-state index contributed by atoms with van der Waals surface area (Å²) >= 11 is 18.4. The van der Waals surface area contributed by atoms with Crippen molar-refractivity contribution in [2.75, 3.05) is 11.9 Å². The normalized spacial score (nSPS) is 10.7. The van der Waals surface area contributed by atoms with Gasteiger partial charge in [-0.2, -0.15) is 0 Å². The molecule has 0 saturated heterocycles. The van der Waals surface area contributed by atoms with Gasteiger partial charge < -0.3 is 14.8 Å². The van der Waals surface area contributed by atoms with Gasteiger partial charge in [0, 0.05) is 12.2 Å². The molecular weight excluding hydrogens is 436 g/mol. The van der Waals surface area contributed by atoms with Crippen molar-refractivity contribution in [2.45, 2.75) is 20.1 Å². The van der Waals surface area contributed by atoms with E-state index < -0.39 is 0 Å². The molecule has 152 valence electrons. The summed E-state index contributed by atoms with van der Waals surface area (Å²) in [4.78, 5) is 0. The molecule has 0 aromatic heterocycles. The number of nitrogens with one attached hydrogen (secondary N) is 1. The second-order valence-corrected chi connectivity index (χ2v) is 7.46. The van der Waals surface area contributed by atoms with Gasteiger partial charge in [0.25, 0.3) is 0 Å². The zero-order valence-electron chi connectivity index (χ0n) is 15.6. The summed E-state index contributed by atoms with van der Waals surface area (Å²) in [5.74, 6) is 0.643. The molecule has 0 fully saturated rings. The fourth-order valence-corrected chi connectivity index (χ4v) is 3.30. The molecule has 0 saturated carbocycles. The van der Waals surface area contributed by atoms with Gasteiger partial charge in [-0.15, -0.1) is 0 Å². The summed E-state index contributed by atoms with van der Waals surface area (Å²) in [6, 6.07) is 15.2. The van der Waals surface area contributed by atoms with Crippen molar-refractivity contribution < 1.29 is 13.9 Å². The molecule has 0 aliphatic heterocycles. The van der Waals surface area contributed by atoms with Crippen LogP contribution in [0.25, 0.3) is 0 Å². The molecule has 0 bridgehead atoms. The van der Waals surface area contributed by atoms with Gasteiger partial charge in [-0.05, 0) is 60.5 Å². The minimum Gasteiger partial charge on any atom is -0.490 e. The smallest absolute Gasteiger partial charge is 0.180 e. The number of hydrogen-bond donors (Lipinski definition) is 1. The van der Waals surface area contributed by atoms with E-state index in [1.807, 2.05) is 19.1 Å². The highest BCUT2D eigenvalue weighted by atomic mass is 35.5. The van der Waals surface area contributed by atoms with E-state index in [9.17, 15) is 4.39 Å². The Morgan fingerprint density at radius 1 is 0.862 bits per heavy atom. The fourth-order valence-electron chi connectivity index (χ4n) is 2.72. The van der Waals surface area contributed by atoms with E-state index in [1.165, 1.54) is 12.1 Å². The summed E-state index contributed by atoms with van der Waals surface area (Å²) in [5.41, 5.74) is 2.44. The van der Waals surface area contributed by atoms with Crippen LogP contribution in [-0.2, 0) is 13.2 Å². The number of halogens is 4. The molecule has 3 aromatic carbocycles. The molecule has 0 atom stereocenters. The van der Waals surface area contributed by atoms with Crippen molar-refractivity contribution in [3.05, 3.63) is 86.6 Å². The topological polar surface area (TPSA) is 30.5 Å². The summed E-state index contributed by atoms with van der Waals surface area (Å²) in [6.45, 7) is 3.02. The molecule has 0 unspecified atom stereocenters. The van der Waals surface area contributed by atoms with Crippen LogP contribution in [0.4, 0.5) is 10.1 Å². The molecule has 29 heavy (non-hydrogen) atoms. The molecule has 1 N–H and O–H groups in total. The van der Waals surface area contributed by atoms with E-state index in [-0.39, 0.29) is 12.4 Å². The Morgan fingerprint density at radius 2 is 1.69 bits per heavy atom. The van der Waals surface area contributed by atoms with Gasteiger partial charge in [-0.25, -0.2) is 4.39 Å². The van der Waals surface area contributed by atoms with E-state index in [1.54, 1.807) is 30.3 Å². The zero-order chi connectivity index (χ0) is 20.8. The lowest BCUT2D eigenvalue weighted by atomic mass is 10.2. The minimum atomic E-state index is -0.314. The largest absolute Gasteiger partial charge is 0.490 e. The standard InChI is InChI=1S/C22H19Cl3FNO2/c1-2-28-21-10-15(12-27-17-6-7-18(23)19(24)11-17)9-20(25)22(21)29-13-14-4-3-5-16(26)8-14/h3-11,27H,2,12-13H2,1H3. The number of anilines is 1. The Balaban J connectivity index is 1.75. The fraction of sp³-hybridized carbons (Fsp3) is 0.182. The van der Waals surface area contributed by atoms with Crippen molar-refractivity contribution in [3.63, 3.8) is 0 Å². The first-order valence-electron chi connectivity index (χ1n) is 8.97. The molecule has 7 heteroatoms. The lowest BCUT2D eigenvalue weighted by molar-refractivity contribution is 0.269. The predicted octanol–water partition coefficient (Wildman–Crippen LogP) is 7.38. The maximum Gasteiger partial charge on any atom is 0.180 e. The van der Waals surface area contributed by atoms with Gasteiger partial charge in [-0.1, -0.05) is 46.9 Å². The second kappa shape index (κ2) is 10.1. The average molecular weight is 455 g/mol.